The summed E-state index contributed by atoms with van der Waals surface area (Å²) in [6.07, 6.45) is 0.959. The summed E-state index contributed by atoms with van der Waals surface area (Å²) >= 11 is 0. The van der Waals surface area contributed by atoms with Crippen molar-refractivity contribution in [1.82, 2.24) is 4.98 Å². The second-order valence-corrected chi connectivity index (χ2v) is 6.70. The number of ether oxygens (including phenoxy) is 2. The van der Waals surface area contributed by atoms with E-state index in [1.54, 1.807) is 14.2 Å². The molecule has 1 aromatic heterocycles. The molecule has 2 aromatic carbocycles. The second kappa shape index (κ2) is 7.74. The number of rotatable bonds is 7. The molecule has 0 amide bonds. The van der Waals surface area contributed by atoms with Crippen LogP contribution in [-0.4, -0.2) is 30.3 Å². The van der Waals surface area contributed by atoms with Gasteiger partial charge in [0.15, 0.2) is 11.5 Å². The number of methoxy groups -OCH3 is 2. The quantitative estimate of drug-likeness (QED) is 0.617. The van der Waals surface area contributed by atoms with E-state index in [9.17, 15) is 9.90 Å². The molecule has 1 unspecified atom stereocenters. The highest BCUT2D eigenvalue weighted by Gasteiger charge is 2.21. The summed E-state index contributed by atoms with van der Waals surface area (Å²) in [5.74, 6) is 0.736. The Morgan fingerprint density at radius 3 is 2.59 bits per heavy atom. The summed E-state index contributed by atoms with van der Waals surface area (Å²) in [7, 11) is 3.17. The molecule has 27 heavy (non-hydrogen) atoms. The standard InChI is InChI=1S/C22H25NO4/c1-5-13(2)14-9-10-18-16(11-14)17(12-20(24)25)21(23-18)15-7-6-8-19(26-3)22(15)27-4/h6-11,13,23H,5,12H2,1-4H3,(H,24,25). The lowest BCUT2D eigenvalue weighted by molar-refractivity contribution is -0.136. The summed E-state index contributed by atoms with van der Waals surface area (Å²) in [5, 5.41) is 10.4. The van der Waals surface area contributed by atoms with Gasteiger partial charge in [-0.3, -0.25) is 4.79 Å². The molecule has 1 atom stereocenters. The van der Waals surface area contributed by atoms with E-state index in [-0.39, 0.29) is 6.42 Å². The SMILES string of the molecule is CCC(C)c1ccc2[nH]c(-c3cccc(OC)c3OC)c(CC(=O)O)c2c1. The maximum absolute atomic E-state index is 11.6. The monoisotopic (exact) mass is 367 g/mol. The number of para-hydroxylation sites is 1. The van der Waals surface area contributed by atoms with Crippen LogP contribution in [0.25, 0.3) is 22.2 Å². The number of benzene rings is 2. The number of aromatic amines is 1. The summed E-state index contributed by atoms with van der Waals surface area (Å²) < 4.78 is 11.0. The van der Waals surface area contributed by atoms with Gasteiger partial charge in [0.1, 0.15) is 0 Å². The minimum atomic E-state index is -0.868. The molecule has 3 aromatic rings. The predicted octanol–water partition coefficient (Wildman–Crippen LogP) is 4.99. The maximum Gasteiger partial charge on any atom is 0.307 e. The first kappa shape index (κ1) is 18.8. The molecule has 3 rings (SSSR count). The first-order chi connectivity index (χ1) is 13.0. The average Bonchev–Trinajstić information content (AvgIpc) is 3.03. The number of H-pyrrole nitrogens is 1. The molecule has 0 aliphatic rings. The molecule has 0 radical (unpaired) electrons. The molecular formula is C22H25NO4. The number of carboxylic acid groups (broad SMARTS) is 1. The first-order valence-electron chi connectivity index (χ1n) is 9.07. The molecule has 0 saturated heterocycles. The Bertz CT molecular complexity index is 974. The molecule has 0 saturated carbocycles. The van der Waals surface area contributed by atoms with Crippen LogP contribution in [0.4, 0.5) is 0 Å². The molecule has 0 spiro atoms. The number of aliphatic carboxylic acids is 1. The van der Waals surface area contributed by atoms with Crippen molar-refractivity contribution in [2.45, 2.75) is 32.6 Å². The van der Waals surface area contributed by atoms with Crippen LogP contribution in [-0.2, 0) is 11.2 Å². The van der Waals surface area contributed by atoms with Crippen LogP contribution in [0.15, 0.2) is 36.4 Å². The van der Waals surface area contributed by atoms with Crippen LogP contribution in [0.2, 0.25) is 0 Å². The lowest BCUT2D eigenvalue weighted by Gasteiger charge is -2.13. The number of aromatic nitrogens is 1. The summed E-state index contributed by atoms with van der Waals surface area (Å²) in [5.41, 5.74) is 4.42. The molecule has 142 valence electrons. The molecule has 2 N–H and O–H groups in total. The van der Waals surface area contributed by atoms with Crippen molar-refractivity contribution < 1.29 is 19.4 Å². The zero-order valence-electron chi connectivity index (χ0n) is 16.1. The fourth-order valence-corrected chi connectivity index (χ4v) is 3.46. The maximum atomic E-state index is 11.6. The highest BCUT2D eigenvalue weighted by atomic mass is 16.5. The third-order valence-corrected chi connectivity index (χ3v) is 5.11. The van der Waals surface area contributed by atoms with Gasteiger partial charge in [-0.2, -0.15) is 0 Å². The molecule has 0 aliphatic carbocycles. The lowest BCUT2D eigenvalue weighted by Crippen LogP contribution is -2.02. The minimum absolute atomic E-state index is 0.0698. The largest absolute Gasteiger partial charge is 0.493 e. The zero-order valence-corrected chi connectivity index (χ0v) is 16.1. The smallest absolute Gasteiger partial charge is 0.307 e. The molecule has 5 heteroatoms. The van der Waals surface area contributed by atoms with E-state index in [0.717, 1.165) is 34.1 Å². The van der Waals surface area contributed by atoms with Gasteiger partial charge >= 0.3 is 5.97 Å². The number of hydrogen-bond acceptors (Lipinski definition) is 3. The fraction of sp³-hybridized carbons (Fsp3) is 0.318. The fourth-order valence-electron chi connectivity index (χ4n) is 3.46. The van der Waals surface area contributed by atoms with E-state index in [4.69, 9.17) is 9.47 Å². The van der Waals surface area contributed by atoms with E-state index in [2.05, 4.69) is 31.0 Å². The van der Waals surface area contributed by atoms with Gasteiger partial charge in [0, 0.05) is 16.5 Å². The number of hydrogen-bond donors (Lipinski definition) is 2. The molecule has 0 aliphatic heterocycles. The van der Waals surface area contributed by atoms with Crippen molar-refractivity contribution in [3.8, 4) is 22.8 Å². The topological polar surface area (TPSA) is 71.5 Å². The minimum Gasteiger partial charge on any atom is -0.493 e. The van der Waals surface area contributed by atoms with E-state index < -0.39 is 5.97 Å². The highest BCUT2D eigenvalue weighted by Crippen LogP contribution is 2.41. The Morgan fingerprint density at radius 2 is 1.96 bits per heavy atom. The van der Waals surface area contributed by atoms with Crippen LogP contribution in [0, 0.1) is 0 Å². The Kier molecular flexibility index (Phi) is 5.40. The molecule has 0 bridgehead atoms. The van der Waals surface area contributed by atoms with Crippen molar-refractivity contribution >= 4 is 16.9 Å². The second-order valence-electron chi connectivity index (χ2n) is 6.70. The average molecular weight is 367 g/mol. The Balaban J connectivity index is 2.28. The van der Waals surface area contributed by atoms with Gasteiger partial charge < -0.3 is 19.6 Å². The van der Waals surface area contributed by atoms with Crippen LogP contribution in [0.1, 0.15) is 37.3 Å². The molecule has 5 nitrogen and oxygen atoms in total. The van der Waals surface area contributed by atoms with Gasteiger partial charge in [0.2, 0.25) is 0 Å². The van der Waals surface area contributed by atoms with Gasteiger partial charge in [0.25, 0.3) is 0 Å². The van der Waals surface area contributed by atoms with Crippen molar-refractivity contribution in [2.75, 3.05) is 14.2 Å². The molecular weight excluding hydrogens is 342 g/mol. The van der Waals surface area contributed by atoms with Gasteiger partial charge in [-0.05, 0) is 47.7 Å². The van der Waals surface area contributed by atoms with E-state index in [1.807, 2.05) is 24.3 Å². The highest BCUT2D eigenvalue weighted by molar-refractivity contribution is 5.95. The van der Waals surface area contributed by atoms with Crippen molar-refractivity contribution in [3.63, 3.8) is 0 Å². The molecule has 1 heterocycles. The van der Waals surface area contributed by atoms with Gasteiger partial charge in [-0.15, -0.1) is 0 Å². The van der Waals surface area contributed by atoms with Gasteiger partial charge in [0.05, 0.1) is 26.3 Å². The number of carboxylic acids is 1. The van der Waals surface area contributed by atoms with Crippen LogP contribution in [0.3, 0.4) is 0 Å². The zero-order chi connectivity index (χ0) is 19.6. The van der Waals surface area contributed by atoms with Gasteiger partial charge in [-0.25, -0.2) is 0 Å². The van der Waals surface area contributed by atoms with E-state index >= 15 is 0 Å². The predicted molar refractivity (Wildman–Crippen MR) is 107 cm³/mol. The number of fused-ring (bicyclic) bond motifs is 1. The summed E-state index contributed by atoms with van der Waals surface area (Å²) in [6, 6.07) is 11.8. The third-order valence-electron chi connectivity index (χ3n) is 5.11. The Labute approximate surface area is 158 Å². The van der Waals surface area contributed by atoms with Crippen LogP contribution < -0.4 is 9.47 Å². The Morgan fingerprint density at radius 1 is 1.19 bits per heavy atom. The summed E-state index contributed by atoms with van der Waals surface area (Å²) in [6.45, 7) is 4.33. The van der Waals surface area contributed by atoms with Crippen molar-refractivity contribution in [1.29, 1.82) is 0 Å². The van der Waals surface area contributed by atoms with Crippen molar-refractivity contribution in [3.05, 3.63) is 47.5 Å². The Hall–Kier alpha value is -2.95. The first-order valence-corrected chi connectivity index (χ1v) is 9.07. The number of carbonyl (C=O) groups is 1. The lowest BCUT2D eigenvalue weighted by atomic mass is 9.95. The van der Waals surface area contributed by atoms with Crippen molar-refractivity contribution in [2.24, 2.45) is 0 Å². The third kappa shape index (κ3) is 3.50. The number of nitrogens with one attached hydrogen (secondary N) is 1. The summed E-state index contributed by atoms with van der Waals surface area (Å²) in [4.78, 5) is 15.0. The van der Waals surface area contributed by atoms with Gasteiger partial charge in [-0.1, -0.05) is 26.0 Å². The van der Waals surface area contributed by atoms with Crippen LogP contribution in [0.5, 0.6) is 11.5 Å². The molecule has 0 fully saturated rings. The normalized spacial score (nSPS) is 12.1. The van der Waals surface area contributed by atoms with E-state index in [0.29, 0.717) is 17.4 Å². The van der Waals surface area contributed by atoms with Crippen LogP contribution >= 0.6 is 0 Å². The van der Waals surface area contributed by atoms with E-state index in [1.165, 1.54) is 5.56 Å².